The van der Waals surface area contributed by atoms with Crippen molar-refractivity contribution < 1.29 is 13.5 Å². The van der Waals surface area contributed by atoms with Gasteiger partial charge in [-0.25, -0.2) is 4.39 Å². The van der Waals surface area contributed by atoms with Crippen molar-refractivity contribution in [1.29, 1.82) is 5.26 Å². The zero-order chi connectivity index (χ0) is 16.8. The van der Waals surface area contributed by atoms with Crippen LogP contribution in [-0.4, -0.2) is 4.98 Å². The average molecular weight is 323 g/mol. The molecule has 2 aromatic carbocycles. The molecule has 0 saturated carbocycles. The summed E-state index contributed by atoms with van der Waals surface area (Å²) in [7, 11) is 0. The third-order valence-corrected chi connectivity index (χ3v) is 3.25. The van der Waals surface area contributed by atoms with E-state index in [0.29, 0.717) is 18.2 Å². The Bertz CT molecular complexity index is 839. The van der Waals surface area contributed by atoms with E-state index in [1.807, 2.05) is 36.4 Å². The lowest BCUT2D eigenvalue weighted by Gasteiger charge is -2.04. The SMILES string of the molecule is N#Cc1nc(COc2ccccc2)oc1NCc1ccc(F)cc1. The van der Waals surface area contributed by atoms with Crippen LogP contribution in [0, 0.1) is 17.1 Å². The Morgan fingerprint density at radius 1 is 1.12 bits per heavy atom. The molecule has 0 aliphatic heterocycles. The van der Waals surface area contributed by atoms with Crippen molar-refractivity contribution in [3.05, 3.63) is 77.6 Å². The first kappa shape index (κ1) is 15.6. The Labute approximate surface area is 138 Å². The second-order valence-corrected chi connectivity index (χ2v) is 4.98. The third kappa shape index (κ3) is 3.90. The molecule has 0 aliphatic rings. The van der Waals surface area contributed by atoms with Crippen molar-refractivity contribution >= 4 is 5.88 Å². The number of ether oxygens (including phenoxy) is 1. The maximum Gasteiger partial charge on any atom is 0.236 e. The molecule has 0 atom stereocenters. The highest BCUT2D eigenvalue weighted by Gasteiger charge is 2.13. The van der Waals surface area contributed by atoms with E-state index in [1.54, 1.807) is 12.1 Å². The number of benzene rings is 2. The Morgan fingerprint density at radius 2 is 1.88 bits per heavy atom. The summed E-state index contributed by atoms with van der Waals surface area (Å²) in [6.45, 7) is 0.514. The number of nitrogens with zero attached hydrogens (tertiary/aromatic N) is 2. The number of rotatable bonds is 6. The van der Waals surface area contributed by atoms with Crippen molar-refractivity contribution in [3.63, 3.8) is 0 Å². The van der Waals surface area contributed by atoms with E-state index in [0.717, 1.165) is 5.56 Å². The molecule has 120 valence electrons. The van der Waals surface area contributed by atoms with Crippen LogP contribution in [0.15, 0.2) is 59.0 Å². The normalized spacial score (nSPS) is 10.2. The molecule has 0 radical (unpaired) electrons. The molecule has 1 N–H and O–H groups in total. The van der Waals surface area contributed by atoms with Gasteiger partial charge in [0.05, 0.1) is 0 Å². The number of nitriles is 1. The van der Waals surface area contributed by atoms with Gasteiger partial charge in [0.1, 0.15) is 17.6 Å². The number of aromatic nitrogens is 1. The Balaban J connectivity index is 1.64. The molecule has 3 aromatic rings. The van der Waals surface area contributed by atoms with E-state index in [1.165, 1.54) is 12.1 Å². The van der Waals surface area contributed by atoms with E-state index in [4.69, 9.17) is 14.4 Å². The number of para-hydroxylation sites is 1. The average Bonchev–Trinajstić information content (AvgIpc) is 3.03. The third-order valence-electron chi connectivity index (χ3n) is 3.25. The summed E-state index contributed by atoms with van der Waals surface area (Å²) in [4.78, 5) is 4.09. The van der Waals surface area contributed by atoms with Gasteiger partial charge < -0.3 is 14.5 Å². The molecule has 1 heterocycles. The first-order chi connectivity index (χ1) is 11.7. The smallest absolute Gasteiger partial charge is 0.236 e. The van der Waals surface area contributed by atoms with Gasteiger partial charge in [-0.05, 0) is 29.8 Å². The highest BCUT2D eigenvalue weighted by Crippen LogP contribution is 2.19. The predicted molar refractivity (Wildman–Crippen MR) is 85.7 cm³/mol. The second kappa shape index (κ2) is 7.29. The summed E-state index contributed by atoms with van der Waals surface area (Å²) in [5.41, 5.74) is 1.02. The van der Waals surface area contributed by atoms with Crippen LogP contribution in [0.5, 0.6) is 5.75 Å². The summed E-state index contributed by atoms with van der Waals surface area (Å²) in [5.74, 6) is 0.969. The van der Waals surface area contributed by atoms with Crippen molar-refractivity contribution in [2.45, 2.75) is 13.2 Å². The van der Waals surface area contributed by atoms with E-state index in [9.17, 15) is 4.39 Å². The lowest BCUT2D eigenvalue weighted by atomic mass is 10.2. The van der Waals surface area contributed by atoms with Gasteiger partial charge in [-0.2, -0.15) is 10.2 Å². The minimum Gasteiger partial charge on any atom is -0.484 e. The lowest BCUT2D eigenvalue weighted by Crippen LogP contribution is -1.99. The van der Waals surface area contributed by atoms with Crippen LogP contribution < -0.4 is 10.1 Å². The molecule has 3 rings (SSSR count). The van der Waals surface area contributed by atoms with Gasteiger partial charge >= 0.3 is 0 Å². The number of anilines is 1. The maximum atomic E-state index is 12.9. The Morgan fingerprint density at radius 3 is 2.58 bits per heavy atom. The first-order valence-electron chi connectivity index (χ1n) is 7.30. The second-order valence-electron chi connectivity index (χ2n) is 4.98. The summed E-state index contributed by atoms with van der Waals surface area (Å²) in [6, 6.07) is 17.3. The van der Waals surface area contributed by atoms with Crippen LogP contribution in [0.3, 0.4) is 0 Å². The predicted octanol–water partition coefficient (Wildman–Crippen LogP) is 3.88. The van der Waals surface area contributed by atoms with Crippen LogP contribution in [0.1, 0.15) is 17.1 Å². The fourth-order valence-corrected chi connectivity index (χ4v) is 2.07. The number of nitrogens with one attached hydrogen (secondary N) is 1. The van der Waals surface area contributed by atoms with Gasteiger partial charge in [0.25, 0.3) is 0 Å². The van der Waals surface area contributed by atoms with Crippen molar-refractivity contribution in [1.82, 2.24) is 4.98 Å². The van der Waals surface area contributed by atoms with Gasteiger partial charge in [-0.1, -0.05) is 30.3 Å². The van der Waals surface area contributed by atoms with Gasteiger partial charge in [0.2, 0.25) is 17.5 Å². The molecule has 0 unspecified atom stereocenters. The molecular weight excluding hydrogens is 309 g/mol. The zero-order valence-electron chi connectivity index (χ0n) is 12.7. The van der Waals surface area contributed by atoms with E-state index in [-0.39, 0.29) is 24.0 Å². The van der Waals surface area contributed by atoms with E-state index in [2.05, 4.69) is 10.3 Å². The topological polar surface area (TPSA) is 71.1 Å². The zero-order valence-corrected chi connectivity index (χ0v) is 12.7. The highest BCUT2D eigenvalue weighted by atomic mass is 19.1. The largest absolute Gasteiger partial charge is 0.484 e. The van der Waals surface area contributed by atoms with Gasteiger partial charge in [-0.3, -0.25) is 0 Å². The molecule has 0 spiro atoms. The van der Waals surface area contributed by atoms with Crippen LogP contribution >= 0.6 is 0 Å². The molecule has 0 saturated heterocycles. The molecule has 1 aromatic heterocycles. The molecule has 0 amide bonds. The van der Waals surface area contributed by atoms with E-state index < -0.39 is 0 Å². The number of hydrogen-bond donors (Lipinski definition) is 1. The molecule has 0 bridgehead atoms. The standard InChI is InChI=1S/C18H14FN3O2/c19-14-8-6-13(7-9-14)11-21-18-16(10-20)22-17(24-18)12-23-15-4-2-1-3-5-15/h1-9,21H,11-12H2. The summed E-state index contributed by atoms with van der Waals surface area (Å²) in [5, 5.41) is 12.1. The molecule has 24 heavy (non-hydrogen) atoms. The monoisotopic (exact) mass is 323 g/mol. The Hall–Kier alpha value is -3.33. The Kier molecular flexibility index (Phi) is 4.73. The van der Waals surface area contributed by atoms with Crippen LogP contribution in [0.2, 0.25) is 0 Å². The minimum absolute atomic E-state index is 0.122. The van der Waals surface area contributed by atoms with Crippen LogP contribution in [-0.2, 0) is 13.2 Å². The first-order valence-corrected chi connectivity index (χ1v) is 7.30. The van der Waals surface area contributed by atoms with Crippen LogP contribution in [0.25, 0.3) is 0 Å². The summed E-state index contributed by atoms with van der Waals surface area (Å²) < 4.78 is 24.0. The van der Waals surface area contributed by atoms with Crippen molar-refractivity contribution in [3.8, 4) is 11.8 Å². The number of oxazole rings is 1. The molecule has 5 nitrogen and oxygen atoms in total. The van der Waals surface area contributed by atoms with Gasteiger partial charge in [0.15, 0.2) is 6.61 Å². The van der Waals surface area contributed by atoms with Crippen molar-refractivity contribution in [2.75, 3.05) is 5.32 Å². The quantitative estimate of drug-likeness (QED) is 0.745. The van der Waals surface area contributed by atoms with Gasteiger partial charge in [0, 0.05) is 6.54 Å². The molecule has 6 heteroatoms. The van der Waals surface area contributed by atoms with Crippen LogP contribution in [0.4, 0.5) is 10.3 Å². The lowest BCUT2D eigenvalue weighted by molar-refractivity contribution is 0.265. The molecular formula is C18H14FN3O2. The minimum atomic E-state index is -0.295. The fraction of sp³-hybridized carbons (Fsp3) is 0.111. The summed E-state index contributed by atoms with van der Waals surface area (Å²) in [6.07, 6.45) is 0. The number of hydrogen-bond acceptors (Lipinski definition) is 5. The van der Waals surface area contributed by atoms with Gasteiger partial charge in [-0.15, -0.1) is 0 Å². The maximum absolute atomic E-state index is 12.9. The highest BCUT2D eigenvalue weighted by molar-refractivity contribution is 5.45. The number of halogens is 1. The molecule has 0 aliphatic carbocycles. The van der Waals surface area contributed by atoms with E-state index >= 15 is 0 Å². The fourth-order valence-electron chi connectivity index (χ4n) is 2.07. The van der Waals surface area contributed by atoms with Crippen molar-refractivity contribution in [2.24, 2.45) is 0 Å². The molecule has 0 fully saturated rings. The summed E-state index contributed by atoms with van der Waals surface area (Å²) >= 11 is 0.